The molecule has 1 unspecified atom stereocenters. The lowest BCUT2D eigenvalue weighted by molar-refractivity contribution is -0.944. The van der Waals surface area contributed by atoms with Gasteiger partial charge >= 0.3 is 5.97 Å². The molecule has 0 saturated carbocycles. The predicted octanol–water partition coefficient (Wildman–Crippen LogP) is 0.728. The van der Waals surface area contributed by atoms with Crippen molar-refractivity contribution in [3.05, 3.63) is 0 Å². The third-order valence-corrected chi connectivity index (χ3v) is 3.88. The fraction of sp³-hybridized carbons (Fsp3) is 0.867. The number of carbonyl (C=O) groups is 2. The van der Waals surface area contributed by atoms with Gasteiger partial charge in [-0.05, 0) is 12.8 Å². The number of carbonyl (C=O) groups excluding carboxylic acids is 1. The van der Waals surface area contributed by atoms with Crippen LogP contribution in [0.15, 0.2) is 0 Å². The highest BCUT2D eigenvalue weighted by Crippen LogP contribution is 2.14. The summed E-state index contributed by atoms with van der Waals surface area (Å²) in [5.74, 6) is -2.09. The summed E-state index contributed by atoms with van der Waals surface area (Å²) in [6, 6.07) is 0. The Bertz CT molecular complexity index is 288. The molecule has 0 heterocycles. The van der Waals surface area contributed by atoms with Gasteiger partial charge in [0.25, 0.3) is 0 Å². The summed E-state index contributed by atoms with van der Waals surface area (Å²) in [6.45, 7) is 3.02. The molecule has 0 saturated heterocycles. The molecule has 6 heteroatoms. The zero-order valence-electron chi connectivity index (χ0n) is 13.1. The first-order chi connectivity index (χ1) is 9.95. The number of unbranched alkanes of at least 4 members (excludes halogenated alkanes) is 5. The second-order valence-electron chi connectivity index (χ2n) is 5.69. The highest BCUT2D eigenvalue weighted by molar-refractivity contribution is 5.66. The number of quaternary nitrogens is 1. The summed E-state index contributed by atoms with van der Waals surface area (Å²) < 4.78 is 0.133. The molecular weight excluding hydrogens is 274 g/mol. The topological polar surface area (TPSA) is 97.7 Å². The van der Waals surface area contributed by atoms with Gasteiger partial charge in [-0.2, -0.15) is 0 Å². The Kier molecular flexibility index (Phi) is 10.9. The maximum Gasteiger partial charge on any atom is 0.309 e. The SMILES string of the molecule is CCCCCCCC[N+](CO)(CCC(=O)[O-])CCC(=O)O. The first kappa shape index (κ1) is 19.9. The number of rotatable bonds is 14. The van der Waals surface area contributed by atoms with Gasteiger partial charge in [-0.15, -0.1) is 0 Å². The molecular formula is C15H29NO5. The second-order valence-corrected chi connectivity index (χ2v) is 5.69. The van der Waals surface area contributed by atoms with Crippen LogP contribution < -0.4 is 5.11 Å². The van der Waals surface area contributed by atoms with E-state index in [9.17, 15) is 19.8 Å². The number of aliphatic hydroxyl groups is 1. The normalized spacial score (nSPS) is 13.8. The molecule has 6 nitrogen and oxygen atoms in total. The molecule has 0 radical (unpaired) electrons. The van der Waals surface area contributed by atoms with E-state index in [1.54, 1.807) is 0 Å². The quantitative estimate of drug-likeness (QED) is 0.280. The van der Waals surface area contributed by atoms with Crippen LogP contribution in [0.2, 0.25) is 0 Å². The lowest BCUT2D eigenvalue weighted by Gasteiger charge is -2.36. The van der Waals surface area contributed by atoms with Crippen molar-refractivity contribution in [3.63, 3.8) is 0 Å². The average Bonchev–Trinajstić information content (AvgIpc) is 2.45. The molecule has 0 aromatic rings. The van der Waals surface area contributed by atoms with Crippen LogP contribution >= 0.6 is 0 Å². The standard InChI is InChI=1S/C15H29NO5/c1-2-3-4-5-6-7-10-16(13-17,11-8-14(18)19)12-9-15(20)21/h17H,2-13H2,1H3,(H-,18,19,20,21). The first-order valence-electron chi connectivity index (χ1n) is 7.83. The Labute approximate surface area is 127 Å². The Balaban J connectivity index is 4.32. The van der Waals surface area contributed by atoms with Gasteiger partial charge in [0.05, 0.1) is 26.1 Å². The maximum atomic E-state index is 10.7. The van der Waals surface area contributed by atoms with Crippen molar-refractivity contribution in [2.75, 3.05) is 26.4 Å². The lowest BCUT2D eigenvalue weighted by atomic mass is 10.1. The molecule has 0 amide bonds. The van der Waals surface area contributed by atoms with Gasteiger partial charge in [0, 0.05) is 12.4 Å². The fourth-order valence-electron chi connectivity index (χ4n) is 2.44. The van der Waals surface area contributed by atoms with Gasteiger partial charge in [-0.1, -0.05) is 32.6 Å². The summed E-state index contributed by atoms with van der Waals surface area (Å²) in [6.07, 6.45) is 6.38. The smallest absolute Gasteiger partial charge is 0.309 e. The van der Waals surface area contributed by atoms with Crippen molar-refractivity contribution in [2.45, 2.75) is 58.3 Å². The average molecular weight is 303 g/mol. The van der Waals surface area contributed by atoms with E-state index in [-0.39, 0.29) is 37.1 Å². The summed E-state index contributed by atoms with van der Waals surface area (Å²) in [4.78, 5) is 21.4. The van der Waals surface area contributed by atoms with E-state index in [2.05, 4.69) is 6.92 Å². The minimum Gasteiger partial charge on any atom is -0.550 e. The number of nitrogens with zero attached hydrogens (tertiary/aromatic N) is 1. The summed E-state index contributed by atoms with van der Waals surface area (Å²) in [5.41, 5.74) is 0. The molecule has 0 aromatic carbocycles. The number of hydrogen-bond acceptors (Lipinski definition) is 4. The number of carboxylic acid groups (broad SMARTS) is 2. The van der Waals surface area contributed by atoms with Crippen LogP contribution in [0.5, 0.6) is 0 Å². The van der Waals surface area contributed by atoms with Gasteiger partial charge in [-0.3, -0.25) is 4.79 Å². The molecule has 0 bridgehead atoms. The molecule has 0 rings (SSSR count). The summed E-state index contributed by atoms with van der Waals surface area (Å²) >= 11 is 0. The Hall–Kier alpha value is -1.14. The molecule has 1 atom stereocenters. The lowest BCUT2D eigenvalue weighted by Crippen LogP contribution is -2.52. The van der Waals surface area contributed by atoms with E-state index in [1.165, 1.54) is 19.3 Å². The first-order valence-corrected chi connectivity index (χ1v) is 7.83. The monoisotopic (exact) mass is 303 g/mol. The van der Waals surface area contributed by atoms with Crippen molar-refractivity contribution >= 4 is 11.9 Å². The van der Waals surface area contributed by atoms with Crippen molar-refractivity contribution in [2.24, 2.45) is 0 Å². The molecule has 124 valence electrons. The highest BCUT2D eigenvalue weighted by Gasteiger charge is 2.26. The third-order valence-electron chi connectivity index (χ3n) is 3.88. The number of carboxylic acids is 2. The highest BCUT2D eigenvalue weighted by atomic mass is 16.4. The van der Waals surface area contributed by atoms with E-state index >= 15 is 0 Å². The number of aliphatic carboxylic acids is 2. The predicted molar refractivity (Wildman–Crippen MR) is 77.2 cm³/mol. The number of aliphatic hydroxyl groups excluding tert-OH is 1. The van der Waals surface area contributed by atoms with Gasteiger partial charge in [-0.25, -0.2) is 0 Å². The Morgan fingerprint density at radius 2 is 1.52 bits per heavy atom. The van der Waals surface area contributed by atoms with Crippen molar-refractivity contribution < 1.29 is 29.4 Å². The van der Waals surface area contributed by atoms with E-state index in [0.717, 1.165) is 19.3 Å². The minimum atomic E-state index is -1.16. The molecule has 0 aliphatic carbocycles. The van der Waals surface area contributed by atoms with E-state index in [0.29, 0.717) is 6.54 Å². The zero-order valence-corrected chi connectivity index (χ0v) is 13.1. The Morgan fingerprint density at radius 1 is 0.952 bits per heavy atom. The van der Waals surface area contributed by atoms with Crippen LogP contribution in [0.4, 0.5) is 0 Å². The van der Waals surface area contributed by atoms with E-state index in [1.807, 2.05) is 0 Å². The maximum absolute atomic E-state index is 10.7. The molecule has 2 N–H and O–H groups in total. The van der Waals surface area contributed by atoms with Crippen LogP contribution in [0, 0.1) is 0 Å². The molecule has 0 spiro atoms. The molecule has 0 fully saturated rings. The minimum absolute atomic E-state index is 0.0660. The second kappa shape index (κ2) is 11.5. The van der Waals surface area contributed by atoms with Gasteiger partial charge in [0.15, 0.2) is 6.73 Å². The number of hydrogen-bond donors (Lipinski definition) is 2. The van der Waals surface area contributed by atoms with Crippen molar-refractivity contribution in [1.82, 2.24) is 0 Å². The zero-order chi connectivity index (χ0) is 16.1. The summed E-state index contributed by atoms with van der Waals surface area (Å²) in [5, 5.41) is 29.0. The van der Waals surface area contributed by atoms with Crippen LogP contribution in [-0.4, -0.2) is 53.0 Å². The van der Waals surface area contributed by atoms with Crippen LogP contribution in [0.1, 0.15) is 58.3 Å². The van der Waals surface area contributed by atoms with E-state index < -0.39 is 11.9 Å². The largest absolute Gasteiger partial charge is 0.550 e. The van der Waals surface area contributed by atoms with Crippen molar-refractivity contribution in [1.29, 1.82) is 0 Å². The fourth-order valence-corrected chi connectivity index (χ4v) is 2.44. The molecule has 0 aromatic heterocycles. The molecule has 0 aliphatic heterocycles. The van der Waals surface area contributed by atoms with Gasteiger partial charge in [0.2, 0.25) is 0 Å². The van der Waals surface area contributed by atoms with Crippen LogP contribution in [-0.2, 0) is 9.59 Å². The van der Waals surface area contributed by atoms with Crippen molar-refractivity contribution in [3.8, 4) is 0 Å². The summed E-state index contributed by atoms with van der Waals surface area (Å²) in [7, 11) is 0. The molecule has 21 heavy (non-hydrogen) atoms. The van der Waals surface area contributed by atoms with Gasteiger partial charge in [0.1, 0.15) is 0 Å². The van der Waals surface area contributed by atoms with Crippen LogP contribution in [0.3, 0.4) is 0 Å². The van der Waals surface area contributed by atoms with Crippen LogP contribution in [0.25, 0.3) is 0 Å². The Morgan fingerprint density at radius 3 is 2.05 bits per heavy atom. The third kappa shape index (κ3) is 10.3. The van der Waals surface area contributed by atoms with E-state index in [4.69, 9.17) is 5.11 Å². The molecule has 0 aliphatic rings. The van der Waals surface area contributed by atoms with Gasteiger partial charge < -0.3 is 24.6 Å².